The van der Waals surface area contributed by atoms with Gasteiger partial charge >= 0.3 is 5.63 Å². The van der Waals surface area contributed by atoms with Crippen LogP contribution in [0.3, 0.4) is 0 Å². The molecule has 5 nitrogen and oxygen atoms in total. The molecule has 0 unspecified atom stereocenters. The van der Waals surface area contributed by atoms with Crippen molar-refractivity contribution < 1.29 is 9.32 Å². The molecule has 0 aliphatic carbocycles. The van der Waals surface area contributed by atoms with Gasteiger partial charge in [-0.05, 0) is 26.0 Å². The van der Waals surface area contributed by atoms with E-state index in [4.69, 9.17) is 4.52 Å². The van der Waals surface area contributed by atoms with E-state index in [0.29, 0.717) is 11.4 Å². The van der Waals surface area contributed by atoms with Crippen LogP contribution in [0.1, 0.15) is 21.6 Å². The lowest BCUT2D eigenvalue weighted by Crippen LogP contribution is -2.19. The second kappa shape index (κ2) is 4.52. The zero-order valence-corrected chi connectivity index (χ0v) is 10.5. The van der Waals surface area contributed by atoms with Crippen molar-refractivity contribution in [2.75, 3.05) is 5.32 Å². The summed E-state index contributed by atoms with van der Waals surface area (Å²) < 4.78 is 6.11. The molecular weight excluding hydrogens is 232 g/mol. The molecule has 0 fully saturated rings. The first-order chi connectivity index (χ1) is 8.49. The molecule has 18 heavy (non-hydrogen) atoms. The van der Waals surface area contributed by atoms with E-state index in [1.54, 1.807) is 26.1 Å². The van der Waals surface area contributed by atoms with Gasteiger partial charge in [-0.15, -0.1) is 0 Å². The summed E-state index contributed by atoms with van der Waals surface area (Å²) in [7, 11) is 1.58. The van der Waals surface area contributed by atoms with Crippen LogP contribution in [0.5, 0.6) is 0 Å². The molecule has 5 heteroatoms. The summed E-state index contributed by atoms with van der Waals surface area (Å²) in [6, 6.07) is 7.34. The molecule has 0 spiro atoms. The molecule has 0 aliphatic heterocycles. The molecular formula is C13H14N2O3. The van der Waals surface area contributed by atoms with Gasteiger partial charge in [0.1, 0.15) is 5.56 Å². The Labute approximate surface area is 104 Å². The Hall–Kier alpha value is -2.30. The normalized spacial score (nSPS) is 10.4. The Morgan fingerprint density at radius 2 is 1.83 bits per heavy atom. The fraction of sp³-hybridized carbons (Fsp3) is 0.231. The summed E-state index contributed by atoms with van der Waals surface area (Å²) in [6.07, 6.45) is 0. The van der Waals surface area contributed by atoms with Crippen LogP contribution in [0.2, 0.25) is 0 Å². The monoisotopic (exact) mass is 246 g/mol. The van der Waals surface area contributed by atoms with Gasteiger partial charge in [0.2, 0.25) is 0 Å². The van der Waals surface area contributed by atoms with Crippen LogP contribution >= 0.6 is 0 Å². The van der Waals surface area contributed by atoms with Crippen LogP contribution in [-0.2, 0) is 7.05 Å². The van der Waals surface area contributed by atoms with E-state index in [-0.39, 0.29) is 5.56 Å². The highest BCUT2D eigenvalue weighted by Gasteiger charge is 2.19. The number of carbonyl (C=O) groups excluding carboxylic acids is 1. The number of nitrogens with one attached hydrogen (secondary N) is 1. The van der Waals surface area contributed by atoms with Crippen LogP contribution in [0.15, 0.2) is 33.6 Å². The Morgan fingerprint density at radius 3 is 2.33 bits per heavy atom. The number of aromatic nitrogens is 1. The largest absolute Gasteiger partial charge is 0.370 e. The topological polar surface area (TPSA) is 64.2 Å². The van der Waals surface area contributed by atoms with Gasteiger partial charge in [0.15, 0.2) is 0 Å². The number of anilines is 1. The first kappa shape index (κ1) is 12.2. The minimum Gasteiger partial charge on any atom is -0.336 e. The third-order valence-corrected chi connectivity index (χ3v) is 2.79. The molecule has 1 N–H and O–H groups in total. The van der Waals surface area contributed by atoms with E-state index >= 15 is 0 Å². The highest BCUT2D eigenvalue weighted by atomic mass is 16.5. The molecule has 1 heterocycles. The standard InChI is InChI=1S/C13H14N2O3/c1-8-4-6-10(7-5-8)14-12(16)11-9(2)15(3)18-13(11)17/h4-7H,1-3H3,(H,14,16). The summed E-state index contributed by atoms with van der Waals surface area (Å²) >= 11 is 0. The SMILES string of the molecule is Cc1ccc(NC(=O)c2c(C)n(C)oc2=O)cc1. The van der Waals surface area contributed by atoms with Gasteiger partial charge in [0, 0.05) is 12.7 Å². The molecule has 2 rings (SSSR count). The van der Waals surface area contributed by atoms with E-state index in [9.17, 15) is 9.59 Å². The third kappa shape index (κ3) is 2.20. The number of hydrogen-bond acceptors (Lipinski definition) is 3. The second-order valence-corrected chi connectivity index (χ2v) is 4.16. The molecule has 0 atom stereocenters. The molecule has 1 aromatic heterocycles. The minimum absolute atomic E-state index is 0.0399. The molecule has 1 aromatic carbocycles. The number of aryl methyl sites for hydroxylation is 2. The lowest BCUT2D eigenvalue weighted by molar-refractivity contribution is 0.102. The smallest absolute Gasteiger partial charge is 0.336 e. The molecule has 1 amide bonds. The molecule has 0 bridgehead atoms. The second-order valence-electron chi connectivity index (χ2n) is 4.16. The summed E-state index contributed by atoms with van der Waals surface area (Å²) in [5.41, 5.74) is 1.67. The van der Waals surface area contributed by atoms with Gasteiger partial charge in [0.25, 0.3) is 5.91 Å². The fourth-order valence-electron chi connectivity index (χ4n) is 1.63. The lowest BCUT2D eigenvalue weighted by atomic mass is 10.2. The van der Waals surface area contributed by atoms with Crippen molar-refractivity contribution in [1.82, 2.24) is 4.74 Å². The molecule has 94 valence electrons. The zero-order chi connectivity index (χ0) is 13.3. The maximum absolute atomic E-state index is 12.0. The van der Waals surface area contributed by atoms with E-state index in [1.165, 1.54) is 4.74 Å². The maximum Gasteiger partial charge on any atom is 0.370 e. The van der Waals surface area contributed by atoms with E-state index in [1.807, 2.05) is 19.1 Å². The number of rotatable bonds is 2. The zero-order valence-electron chi connectivity index (χ0n) is 10.5. The van der Waals surface area contributed by atoms with Gasteiger partial charge in [-0.25, -0.2) is 9.53 Å². The predicted octanol–water partition coefficient (Wildman–Crippen LogP) is 1.85. The van der Waals surface area contributed by atoms with Crippen molar-refractivity contribution in [3.05, 3.63) is 51.5 Å². The number of carbonyl (C=O) groups is 1. The maximum atomic E-state index is 12.0. The average Bonchev–Trinajstić information content (AvgIpc) is 2.56. The van der Waals surface area contributed by atoms with E-state index in [2.05, 4.69) is 5.32 Å². The summed E-state index contributed by atoms with van der Waals surface area (Å²) in [6.45, 7) is 3.62. The van der Waals surface area contributed by atoms with E-state index < -0.39 is 11.5 Å². The van der Waals surface area contributed by atoms with Gasteiger partial charge < -0.3 is 9.84 Å². The molecule has 0 saturated heterocycles. The van der Waals surface area contributed by atoms with Crippen molar-refractivity contribution in [1.29, 1.82) is 0 Å². The molecule has 0 aliphatic rings. The van der Waals surface area contributed by atoms with Gasteiger partial charge in [-0.2, -0.15) is 0 Å². The van der Waals surface area contributed by atoms with Crippen molar-refractivity contribution in [3.8, 4) is 0 Å². The Bertz CT molecular complexity index is 635. The summed E-state index contributed by atoms with van der Waals surface area (Å²) in [4.78, 5) is 23.5. The van der Waals surface area contributed by atoms with Crippen molar-refractivity contribution in [2.24, 2.45) is 7.05 Å². The number of amides is 1. The Morgan fingerprint density at radius 1 is 1.22 bits per heavy atom. The summed E-state index contributed by atoms with van der Waals surface area (Å²) in [5.74, 6) is -0.453. The van der Waals surface area contributed by atoms with Crippen LogP contribution < -0.4 is 10.9 Å². The van der Waals surface area contributed by atoms with Crippen molar-refractivity contribution >= 4 is 11.6 Å². The Kier molecular flexibility index (Phi) is 3.06. The van der Waals surface area contributed by atoms with Crippen LogP contribution in [0.4, 0.5) is 5.69 Å². The highest BCUT2D eigenvalue weighted by molar-refractivity contribution is 6.04. The molecule has 2 aromatic rings. The number of nitrogens with zero attached hydrogens (tertiary/aromatic N) is 1. The number of benzene rings is 1. The van der Waals surface area contributed by atoms with E-state index in [0.717, 1.165) is 5.56 Å². The summed E-state index contributed by atoms with van der Waals surface area (Å²) in [5, 5.41) is 2.67. The fourth-order valence-corrected chi connectivity index (χ4v) is 1.63. The molecule has 0 saturated carbocycles. The Balaban J connectivity index is 2.27. The van der Waals surface area contributed by atoms with Crippen LogP contribution in [0, 0.1) is 13.8 Å². The van der Waals surface area contributed by atoms with Crippen LogP contribution in [-0.4, -0.2) is 10.6 Å². The third-order valence-electron chi connectivity index (χ3n) is 2.79. The number of hydrogen-bond donors (Lipinski definition) is 1. The van der Waals surface area contributed by atoms with Crippen molar-refractivity contribution in [3.63, 3.8) is 0 Å². The van der Waals surface area contributed by atoms with Gasteiger partial charge in [-0.1, -0.05) is 17.7 Å². The predicted molar refractivity (Wildman–Crippen MR) is 67.8 cm³/mol. The quantitative estimate of drug-likeness (QED) is 0.879. The minimum atomic E-state index is -0.625. The first-order valence-electron chi connectivity index (χ1n) is 5.54. The first-order valence-corrected chi connectivity index (χ1v) is 5.54. The van der Waals surface area contributed by atoms with Crippen molar-refractivity contribution in [2.45, 2.75) is 13.8 Å². The average molecular weight is 246 g/mol. The molecule has 0 radical (unpaired) electrons. The highest BCUT2D eigenvalue weighted by Crippen LogP contribution is 2.11. The van der Waals surface area contributed by atoms with Crippen LogP contribution in [0.25, 0.3) is 0 Å². The van der Waals surface area contributed by atoms with Gasteiger partial charge in [0.05, 0.1) is 5.69 Å². The lowest BCUT2D eigenvalue weighted by Gasteiger charge is -2.03. The van der Waals surface area contributed by atoms with Gasteiger partial charge in [-0.3, -0.25) is 4.79 Å².